The molecule has 0 unspecified atom stereocenters. The number of hydrogen-bond donors (Lipinski definition) is 3. The number of hydrogen-bond acceptors (Lipinski definition) is 8. The van der Waals surface area contributed by atoms with Crippen molar-refractivity contribution in [2.45, 2.75) is 0 Å². The molecule has 0 aliphatic heterocycles. The third-order valence-electron chi connectivity index (χ3n) is 3.08. The molecular weight excluding hydrogens is 306 g/mol. The summed E-state index contributed by atoms with van der Waals surface area (Å²) < 4.78 is 5.00. The van der Waals surface area contributed by atoms with Crippen molar-refractivity contribution in [2.24, 2.45) is 0 Å². The van der Waals surface area contributed by atoms with E-state index in [2.05, 4.69) is 10.1 Å². The van der Waals surface area contributed by atoms with Crippen LogP contribution in [0.15, 0.2) is 40.9 Å². The molecule has 2 aromatic carbocycles. The lowest BCUT2D eigenvalue weighted by atomic mass is 10.1. The minimum Gasteiger partial charge on any atom is -0.507 e. The maximum atomic E-state index is 10.9. The van der Waals surface area contributed by atoms with E-state index in [1.165, 1.54) is 6.07 Å². The van der Waals surface area contributed by atoms with Gasteiger partial charge < -0.3 is 19.8 Å². The number of nitro benzene ring substituents is 1. The molecule has 1 heterocycles. The van der Waals surface area contributed by atoms with Gasteiger partial charge in [0.05, 0.1) is 16.1 Å². The minimum atomic E-state index is -0.848. The Morgan fingerprint density at radius 1 is 1.09 bits per heavy atom. The Bertz CT molecular complexity index is 905. The van der Waals surface area contributed by atoms with Crippen molar-refractivity contribution in [1.82, 2.24) is 10.1 Å². The summed E-state index contributed by atoms with van der Waals surface area (Å²) in [6.07, 6.45) is 0. The van der Waals surface area contributed by atoms with Crippen LogP contribution in [0.2, 0.25) is 0 Å². The van der Waals surface area contributed by atoms with Crippen molar-refractivity contribution in [3.8, 4) is 40.1 Å². The van der Waals surface area contributed by atoms with E-state index in [1.54, 1.807) is 18.2 Å². The van der Waals surface area contributed by atoms with Gasteiger partial charge in [-0.2, -0.15) is 4.98 Å². The van der Waals surface area contributed by atoms with Crippen LogP contribution in [-0.2, 0) is 0 Å². The Morgan fingerprint density at radius 2 is 1.83 bits per heavy atom. The van der Waals surface area contributed by atoms with Gasteiger partial charge in [-0.05, 0) is 18.2 Å². The molecule has 0 amide bonds. The molecule has 0 fully saturated rings. The number of nitro groups is 1. The van der Waals surface area contributed by atoms with E-state index < -0.39 is 22.1 Å². The molecule has 0 saturated carbocycles. The quantitative estimate of drug-likeness (QED) is 0.380. The summed E-state index contributed by atoms with van der Waals surface area (Å²) in [5.74, 6) is -1.62. The number of para-hydroxylation sites is 1. The summed E-state index contributed by atoms with van der Waals surface area (Å²) in [4.78, 5) is 14.0. The van der Waals surface area contributed by atoms with Gasteiger partial charge in [-0.3, -0.25) is 10.1 Å². The highest BCUT2D eigenvalue weighted by Crippen LogP contribution is 2.39. The second-order valence-electron chi connectivity index (χ2n) is 4.56. The van der Waals surface area contributed by atoms with Gasteiger partial charge in [-0.25, -0.2) is 0 Å². The molecule has 0 spiro atoms. The van der Waals surface area contributed by atoms with E-state index in [0.29, 0.717) is 5.56 Å². The number of rotatable bonds is 3. The molecule has 116 valence electrons. The van der Waals surface area contributed by atoms with Gasteiger partial charge in [0.15, 0.2) is 5.75 Å². The predicted molar refractivity (Wildman–Crippen MR) is 76.8 cm³/mol. The van der Waals surface area contributed by atoms with Crippen LogP contribution in [0.3, 0.4) is 0 Å². The van der Waals surface area contributed by atoms with Crippen LogP contribution < -0.4 is 0 Å². The third-order valence-corrected chi connectivity index (χ3v) is 3.08. The maximum Gasteiger partial charge on any atom is 0.315 e. The standard InChI is InChI=1S/C14H9N3O6/c18-10-4-2-1-3-8(10)13-15-14(23-16-13)7-5-9(17(21)22)12(20)11(19)6-7/h1-6,18-20H. The molecule has 0 saturated heterocycles. The summed E-state index contributed by atoms with van der Waals surface area (Å²) in [5, 5.41) is 43.4. The third kappa shape index (κ3) is 2.50. The summed E-state index contributed by atoms with van der Waals surface area (Å²) in [5.41, 5.74) is -0.316. The van der Waals surface area contributed by atoms with Gasteiger partial charge in [0, 0.05) is 6.07 Å². The van der Waals surface area contributed by atoms with Gasteiger partial charge in [-0.1, -0.05) is 17.3 Å². The first-order chi connectivity index (χ1) is 11.0. The van der Waals surface area contributed by atoms with Gasteiger partial charge in [0.1, 0.15) is 5.75 Å². The molecular formula is C14H9N3O6. The van der Waals surface area contributed by atoms with Crippen molar-refractivity contribution in [1.29, 1.82) is 0 Å². The average molecular weight is 315 g/mol. The molecule has 3 aromatic rings. The van der Waals surface area contributed by atoms with Crippen LogP contribution in [0.5, 0.6) is 17.2 Å². The topological polar surface area (TPSA) is 143 Å². The van der Waals surface area contributed by atoms with Crippen LogP contribution in [-0.4, -0.2) is 30.4 Å². The molecule has 1 aromatic heterocycles. The van der Waals surface area contributed by atoms with Crippen molar-refractivity contribution in [3.05, 3.63) is 46.5 Å². The summed E-state index contributed by atoms with van der Waals surface area (Å²) in [6, 6.07) is 8.37. The van der Waals surface area contributed by atoms with E-state index in [1.807, 2.05) is 0 Å². The van der Waals surface area contributed by atoms with Gasteiger partial charge in [-0.15, -0.1) is 0 Å². The Labute approximate surface area is 128 Å². The van der Waals surface area contributed by atoms with Crippen LogP contribution in [0.4, 0.5) is 5.69 Å². The van der Waals surface area contributed by atoms with Crippen molar-refractivity contribution in [3.63, 3.8) is 0 Å². The van der Waals surface area contributed by atoms with Crippen LogP contribution >= 0.6 is 0 Å². The lowest BCUT2D eigenvalue weighted by Gasteiger charge is -2.01. The Balaban J connectivity index is 2.08. The Hall–Kier alpha value is -3.62. The first kappa shape index (κ1) is 14.3. The van der Waals surface area contributed by atoms with E-state index in [-0.39, 0.29) is 23.0 Å². The zero-order valence-electron chi connectivity index (χ0n) is 11.4. The monoisotopic (exact) mass is 315 g/mol. The zero-order chi connectivity index (χ0) is 16.6. The highest BCUT2D eigenvalue weighted by Gasteiger charge is 2.22. The van der Waals surface area contributed by atoms with Crippen LogP contribution in [0, 0.1) is 10.1 Å². The number of phenols is 3. The second-order valence-corrected chi connectivity index (χ2v) is 4.56. The first-order valence-corrected chi connectivity index (χ1v) is 6.30. The van der Waals surface area contributed by atoms with Crippen LogP contribution in [0.25, 0.3) is 22.8 Å². The minimum absolute atomic E-state index is 0.0561. The van der Waals surface area contributed by atoms with E-state index >= 15 is 0 Å². The normalized spacial score (nSPS) is 10.6. The van der Waals surface area contributed by atoms with Gasteiger partial charge in [0.25, 0.3) is 5.89 Å². The molecule has 0 bridgehead atoms. The Kier molecular flexibility index (Phi) is 3.30. The fourth-order valence-corrected chi connectivity index (χ4v) is 1.98. The van der Waals surface area contributed by atoms with Crippen molar-refractivity contribution >= 4 is 5.69 Å². The number of benzene rings is 2. The predicted octanol–water partition coefficient (Wildman–Crippen LogP) is 2.43. The van der Waals surface area contributed by atoms with Gasteiger partial charge >= 0.3 is 5.69 Å². The molecule has 3 N–H and O–H groups in total. The maximum absolute atomic E-state index is 10.9. The largest absolute Gasteiger partial charge is 0.507 e. The molecule has 0 aliphatic carbocycles. The lowest BCUT2D eigenvalue weighted by molar-refractivity contribution is -0.385. The fraction of sp³-hybridized carbons (Fsp3) is 0. The summed E-state index contributed by atoms with van der Waals surface area (Å²) in [6.45, 7) is 0. The molecule has 23 heavy (non-hydrogen) atoms. The molecule has 0 radical (unpaired) electrons. The number of aromatic nitrogens is 2. The molecule has 3 rings (SSSR count). The highest BCUT2D eigenvalue weighted by molar-refractivity contribution is 5.69. The number of aromatic hydroxyl groups is 3. The average Bonchev–Trinajstić information content (AvgIpc) is 2.99. The lowest BCUT2D eigenvalue weighted by Crippen LogP contribution is -1.90. The highest BCUT2D eigenvalue weighted by atomic mass is 16.6. The molecule has 0 aliphatic rings. The smallest absolute Gasteiger partial charge is 0.315 e. The summed E-state index contributed by atoms with van der Waals surface area (Å²) in [7, 11) is 0. The van der Waals surface area contributed by atoms with E-state index in [4.69, 9.17) is 4.52 Å². The SMILES string of the molecule is O=[N+]([O-])c1cc(-c2nc(-c3ccccc3O)no2)cc(O)c1O. The second kappa shape index (κ2) is 5.30. The Morgan fingerprint density at radius 3 is 2.52 bits per heavy atom. The number of nitrogens with zero attached hydrogens (tertiary/aromatic N) is 3. The van der Waals surface area contributed by atoms with Crippen molar-refractivity contribution in [2.75, 3.05) is 0 Å². The van der Waals surface area contributed by atoms with E-state index in [0.717, 1.165) is 12.1 Å². The molecule has 9 heteroatoms. The fourth-order valence-electron chi connectivity index (χ4n) is 1.98. The van der Waals surface area contributed by atoms with Gasteiger partial charge in [0.2, 0.25) is 11.6 Å². The van der Waals surface area contributed by atoms with Crippen molar-refractivity contribution < 1.29 is 24.8 Å². The zero-order valence-corrected chi connectivity index (χ0v) is 11.4. The number of phenolic OH excluding ortho intramolecular Hbond substituents is 3. The van der Waals surface area contributed by atoms with E-state index in [9.17, 15) is 25.4 Å². The molecule has 9 nitrogen and oxygen atoms in total. The summed E-state index contributed by atoms with van der Waals surface area (Å²) >= 11 is 0. The van der Waals surface area contributed by atoms with Crippen LogP contribution in [0.1, 0.15) is 0 Å². The first-order valence-electron chi connectivity index (χ1n) is 6.30. The molecule has 0 atom stereocenters.